The van der Waals surface area contributed by atoms with Gasteiger partial charge in [-0.2, -0.15) is 0 Å². The van der Waals surface area contributed by atoms with Crippen molar-refractivity contribution in [3.05, 3.63) is 58.4 Å². The molecule has 0 aliphatic heterocycles. The van der Waals surface area contributed by atoms with E-state index in [2.05, 4.69) is 0 Å². The second-order valence-corrected chi connectivity index (χ2v) is 6.02. The third kappa shape index (κ3) is 2.48. The van der Waals surface area contributed by atoms with Crippen LogP contribution >= 0.6 is 0 Å². The maximum Gasteiger partial charge on any atom is 0.336 e. The molecule has 0 saturated carbocycles. The third-order valence-corrected chi connectivity index (χ3v) is 4.44. The average Bonchev–Trinajstić information content (AvgIpc) is 2.87. The number of carbonyl (C=O) groups excluding carboxylic acids is 1. The van der Waals surface area contributed by atoms with E-state index in [4.69, 9.17) is 9.15 Å². The Morgan fingerprint density at radius 2 is 1.88 bits per heavy atom. The van der Waals surface area contributed by atoms with Gasteiger partial charge in [0.1, 0.15) is 12.1 Å². The number of benzene rings is 2. The monoisotopic (exact) mass is 335 g/mol. The molecular formula is C20H17NO4. The van der Waals surface area contributed by atoms with Crippen molar-refractivity contribution in [1.82, 2.24) is 4.57 Å². The average molecular weight is 335 g/mol. The Balaban J connectivity index is 2.09. The Labute approximate surface area is 143 Å². The second-order valence-electron chi connectivity index (χ2n) is 6.02. The molecule has 2 aromatic heterocycles. The summed E-state index contributed by atoms with van der Waals surface area (Å²) in [6.07, 6.45) is 0. The minimum Gasteiger partial charge on any atom is -0.465 e. The smallest absolute Gasteiger partial charge is 0.336 e. The maximum atomic E-state index is 12.1. The minimum absolute atomic E-state index is 0.111. The highest BCUT2D eigenvalue weighted by molar-refractivity contribution is 6.12. The second kappa shape index (κ2) is 5.77. The Kier molecular flexibility index (Phi) is 3.57. The molecule has 5 nitrogen and oxygen atoms in total. The first kappa shape index (κ1) is 15.4. The predicted octanol–water partition coefficient (Wildman–Crippen LogP) is 3.77. The van der Waals surface area contributed by atoms with Crippen LogP contribution in [0.2, 0.25) is 0 Å². The van der Waals surface area contributed by atoms with E-state index in [9.17, 15) is 9.59 Å². The van der Waals surface area contributed by atoms with Crippen LogP contribution in [-0.4, -0.2) is 17.1 Å². The van der Waals surface area contributed by atoms with Crippen LogP contribution in [0.25, 0.3) is 32.8 Å². The van der Waals surface area contributed by atoms with Crippen LogP contribution in [0, 0.1) is 6.92 Å². The number of esters is 1. The lowest BCUT2D eigenvalue weighted by Crippen LogP contribution is -2.13. The molecule has 0 aliphatic rings. The number of hydrogen-bond acceptors (Lipinski definition) is 4. The molecule has 4 aromatic rings. The number of rotatable bonds is 3. The molecule has 0 bridgehead atoms. The zero-order valence-electron chi connectivity index (χ0n) is 14.0. The Morgan fingerprint density at radius 3 is 2.68 bits per heavy atom. The summed E-state index contributed by atoms with van der Waals surface area (Å²) in [5, 5.41) is 2.96. The summed E-state index contributed by atoms with van der Waals surface area (Å²) < 4.78 is 12.4. The van der Waals surface area contributed by atoms with Crippen LogP contribution in [0.15, 0.2) is 51.7 Å². The topological polar surface area (TPSA) is 61.4 Å². The summed E-state index contributed by atoms with van der Waals surface area (Å²) in [5.41, 5.74) is 2.80. The fourth-order valence-corrected chi connectivity index (χ4v) is 3.37. The van der Waals surface area contributed by atoms with Crippen LogP contribution < -0.4 is 5.63 Å². The summed E-state index contributed by atoms with van der Waals surface area (Å²) in [6.45, 7) is 4.13. The van der Waals surface area contributed by atoms with Gasteiger partial charge >= 0.3 is 11.6 Å². The summed E-state index contributed by atoms with van der Waals surface area (Å²) >= 11 is 0. The first-order valence-electron chi connectivity index (χ1n) is 8.19. The van der Waals surface area contributed by atoms with Crippen LogP contribution in [-0.2, 0) is 16.1 Å². The first-order valence-corrected chi connectivity index (χ1v) is 8.19. The molecular weight excluding hydrogens is 318 g/mol. The summed E-state index contributed by atoms with van der Waals surface area (Å²) in [7, 11) is 0. The molecule has 0 fully saturated rings. The number of aromatic nitrogens is 1. The highest BCUT2D eigenvalue weighted by atomic mass is 16.5. The summed E-state index contributed by atoms with van der Waals surface area (Å²) in [6, 6.07) is 13.3. The molecule has 5 heteroatoms. The van der Waals surface area contributed by atoms with Gasteiger partial charge in [0.25, 0.3) is 0 Å². The Bertz CT molecular complexity index is 1180. The minimum atomic E-state index is -0.377. The van der Waals surface area contributed by atoms with Crippen LogP contribution in [0.3, 0.4) is 0 Å². The van der Waals surface area contributed by atoms with Gasteiger partial charge in [0.05, 0.1) is 12.1 Å². The first-order chi connectivity index (χ1) is 12.1. The fraction of sp³-hybridized carbons (Fsp3) is 0.200. The number of ether oxygens (including phenoxy) is 1. The maximum absolute atomic E-state index is 12.1. The molecule has 4 rings (SSSR count). The quantitative estimate of drug-likeness (QED) is 0.422. The van der Waals surface area contributed by atoms with Crippen molar-refractivity contribution < 1.29 is 13.9 Å². The van der Waals surface area contributed by atoms with E-state index >= 15 is 0 Å². The van der Waals surface area contributed by atoms with E-state index in [1.165, 1.54) is 6.07 Å². The highest BCUT2D eigenvalue weighted by Crippen LogP contribution is 2.32. The molecule has 0 spiro atoms. The van der Waals surface area contributed by atoms with E-state index in [1.807, 2.05) is 47.9 Å². The van der Waals surface area contributed by atoms with E-state index < -0.39 is 0 Å². The zero-order valence-corrected chi connectivity index (χ0v) is 14.0. The van der Waals surface area contributed by atoms with Crippen LogP contribution in [0.4, 0.5) is 0 Å². The molecule has 0 N–H and O–H groups in total. The Hall–Kier alpha value is -3.08. The van der Waals surface area contributed by atoms with Gasteiger partial charge in [-0.05, 0) is 31.5 Å². The van der Waals surface area contributed by atoms with Gasteiger partial charge in [0.15, 0.2) is 0 Å². The summed E-state index contributed by atoms with van der Waals surface area (Å²) in [5.74, 6) is -0.295. The lowest BCUT2D eigenvalue weighted by molar-refractivity contribution is -0.143. The molecule has 0 radical (unpaired) electrons. The van der Waals surface area contributed by atoms with Crippen molar-refractivity contribution in [2.45, 2.75) is 20.4 Å². The van der Waals surface area contributed by atoms with Gasteiger partial charge in [-0.25, -0.2) is 4.79 Å². The molecule has 0 amide bonds. The van der Waals surface area contributed by atoms with Crippen molar-refractivity contribution in [3.63, 3.8) is 0 Å². The lowest BCUT2D eigenvalue weighted by Gasteiger charge is -2.07. The molecule has 0 unspecified atom stereocenters. The highest BCUT2D eigenvalue weighted by Gasteiger charge is 2.15. The molecule has 126 valence electrons. The third-order valence-electron chi connectivity index (χ3n) is 4.44. The van der Waals surface area contributed by atoms with Crippen molar-refractivity contribution in [1.29, 1.82) is 0 Å². The standard InChI is InChI=1S/C20H17NO4/c1-3-24-20(23)11-21-16-7-5-4-6-13(16)15-9-14-12(2)8-19(22)25-18(14)10-17(15)21/h4-10H,3,11H2,1-2H3. The number of aryl methyl sites for hydroxylation is 1. The molecule has 0 aliphatic carbocycles. The number of nitrogens with zero attached hydrogens (tertiary/aromatic N) is 1. The van der Waals surface area contributed by atoms with E-state index in [0.717, 1.165) is 32.8 Å². The predicted molar refractivity (Wildman–Crippen MR) is 96.9 cm³/mol. The SMILES string of the molecule is CCOC(=O)Cn1c2ccccc2c2cc3c(C)cc(=O)oc3cc21. The van der Waals surface area contributed by atoms with Crippen molar-refractivity contribution in [2.24, 2.45) is 0 Å². The lowest BCUT2D eigenvalue weighted by atomic mass is 10.1. The van der Waals surface area contributed by atoms with Gasteiger partial charge in [-0.15, -0.1) is 0 Å². The fourth-order valence-electron chi connectivity index (χ4n) is 3.37. The number of para-hydroxylation sites is 1. The van der Waals surface area contributed by atoms with E-state index in [0.29, 0.717) is 12.2 Å². The van der Waals surface area contributed by atoms with Gasteiger partial charge in [0, 0.05) is 33.8 Å². The molecule has 0 atom stereocenters. The van der Waals surface area contributed by atoms with E-state index in [-0.39, 0.29) is 18.1 Å². The van der Waals surface area contributed by atoms with Crippen LogP contribution in [0.1, 0.15) is 12.5 Å². The van der Waals surface area contributed by atoms with Crippen LogP contribution in [0.5, 0.6) is 0 Å². The van der Waals surface area contributed by atoms with Crippen molar-refractivity contribution in [3.8, 4) is 0 Å². The Morgan fingerprint density at radius 1 is 1.08 bits per heavy atom. The molecule has 25 heavy (non-hydrogen) atoms. The van der Waals surface area contributed by atoms with Crippen molar-refractivity contribution in [2.75, 3.05) is 6.61 Å². The summed E-state index contributed by atoms with van der Waals surface area (Å²) in [4.78, 5) is 23.8. The molecule has 0 saturated heterocycles. The van der Waals surface area contributed by atoms with Gasteiger partial charge in [0.2, 0.25) is 0 Å². The number of fused-ring (bicyclic) bond motifs is 4. The van der Waals surface area contributed by atoms with Gasteiger partial charge in [-0.3, -0.25) is 4.79 Å². The molecule has 2 aromatic carbocycles. The molecule has 2 heterocycles. The number of hydrogen-bond donors (Lipinski definition) is 0. The number of carbonyl (C=O) groups is 1. The van der Waals surface area contributed by atoms with Crippen molar-refractivity contribution >= 4 is 38.7 Å². The normalized spacial score (nSPS) is 11.4. The van der Waals surface area contributed by atoms with E-state index in [1.54, 1.807) is 6.92 Å². The van der Waals surface area contributed by atoms with Gasteiger partial charge in [-0.1, -0.05) is 18.2 Å². The largest absolute Gasteiger partial charge is 0.465 e. The zero-order chi connectivity index (χ0) is 17.6. The van der Waals surface area contributed by atoms with Gasteiger partial charge < -0.3 is 13.7 Å².